The lowest BCUT2D eigenvalue weighted by Gasteiger charge is -1.98. The monoisotopic (exact) mass is 315 g/mol. The predicted octanol–water partition coefficient (Wildman–Crippen LogP) is 3.72. The van der Waals surface area contributed by atoms with Crippen LogP contribution in [-0.4, -0.2) is 16.1 Å². The molecule has 0 saturated heterocycles. The summed E-state index contributed by atoms with van der Waals surface area (Å²) in [6.45, 7) is 1.64. The predicted molar refractivity (Wildman–Crippen MR) is 66.9 cm³/mol. The average molecular weight is 316 g/mol. The zero-order valence-corrected chi connectivity index (χ0v) is 11.1. The van der Waals surface area contributed by atoms with E-state index in [-0.39, 0.29) is 10.7 Å². The summed E-state index contributed by atoms with van der Waals surface area (Å²) in [4.78, 5) is 15.3. The molecule has 0 bridgehead atoms. The molecule has 0 spiro atoms. The minimum absolute atomic E-state index is 0.209. The lowest BCUT2D eigenvalue weighted by molar-refractivity contribution is 0.0701. The van der Waals surface area contributed by atoms with Crippen LogP contribution in [0, 0.1) is 12.7 Å². The fourth-order valence-electron chi connectivity index (χ4n) is 1.35. The molecule has 0 aliphatic carbocycles. The number of rotatable bonds is 2. The number of benzene rings is 1. The van der Waals surface area contributed by atoms with Gasteiger partial charge < -0.3 is 5.11 Å². The Morgan fingerprint density at radius 1 is 1.53 bits per heavy atom. The maximum absolute atomic E-state index is 13.1. The van der Waals surface area contributed by atoms with Crippen molar-refractivity contribution in [2.45, 2.75) is 6.92 Å². The lowest BCUT2D eigenvalue weighted by atomic mass is 10.2. The molecule has 0 atom stereocenters. The molecule has 0 aliphatic heterocycles. The molecule has 88 valence electrons. The molecule has 2 aromatic rings. The summed E-state index contributed by atoms with van der Waals surface area (Å²) in [6, 6.07) is 4.47. The van der Waals surface area contributed by atoms with Gasteiger partial charge in [-0.2, -0.15) is 0 Å². The first-order chi connectivity index (χ1) is 7.99. The van der Waals surface area contributed by atoms with Crippen molar-refractivity contribution < 1.29 is 14.3 Å². The van der Waals surface area contributed by atoms with Crippen molar-refractivity contribution in [1.82, 2.24) is 4.98 Å². The summed E-state index contributed by atoms with van der Waals surface area (Å²) >= 11 is 4.16. The summed E-state index contributed by atoms with van der Waals surface area (Å²) < 4.78 is 13.4. The van der Waals surface area contributed by atoms with Crippen molar-refractivity contribution in [3.05, 3.63) is 39.1 Å². The van der Waals surface area contributed by atoms with E-state index in [0.29, 0.717) is 20.7 Å². The molecular formula is C11H7BrFNO2S. The van der Waals surface area contributed by atoms with E-state index in [4.69, 9.17) is 5.11 Å². The van der Waals surface area contributed by atoms with E-state index in [0.717, 1.165) is 11.3 Å². The van der Waals surface area contributed by atoms with Gasteiger partial charge in [0.25, 0.3) is 0 Å². The van der Waals surface area contributed by atoms with Gasteiger partial charge in [-0.15, -0.1) is 11.3 Å². The van der Waals surface area contributed by atoms with Crippen molar-refractivity contribution in [3.8, 4) is 10.6 Å². The first-order valence-electron chi connectivity index (χ1n) is 4.65. The van der Waals surface area contributed by atoms with Crippen molar-refractivity contribution in [3.63, 3.8) is 0 Å². The molecule has 2 rings (SSSR count). The van der Waals surface area contributed by atoms with Crippen molar-refractivity contribution in [1.29, 1.82) is 0 Å². The van der Waals surface area contributed by atoms with Crippen LogP contribution in [0.4, 0.5) is 4.39 Å². The normalized spacial score (nSPS) is 10.5. The van der Waals surface area contributed by atoms with Gasteiger partial charge in [0.2, 0.25) is 0 Å². The first kappa shape index (κ1) is 12.2. The quantitative estimate of drug-likeness (QED) is 0.919. The van der Waals surface area contributed by atoms with E-state index in [1.165, 1.54) is 6.07 Å². The number of hydrogen-bond donors (Lipinski definition) is 1. The third kappa shape index (κ3) is 2.37. The van der Waals surface area contributed by atoms with Gasteiger partial charge in [0.1, 0.15) is 15.7 Å². The molecule has 0 saturated carbocycles. The number of thiazole rings is 1. The third-order valence-electron chi connectivity index (χ3n) is 2.16. The Hall–Kier alpha value is -1.27. The zero-order chi connectivity index (χ0) is 12.6. The number of aromatic carboxylic acids is 1. The van der Waals surface area contributed by atoms with Crippen LogP contribution >= 0.6 is 27.3 Å². The number of halogens is 2. The fourth-order valence-corrected chi connectivity index (χ4v) is 2.63. The third-order valence-corrected chi connectivity index (χ3v) is 3.96. The number of aromatic nitrogens is 1. The molecule has 3 nitrogen and oxygen atoms in total. The number of aryl methyl sites for hydroxylation is 1. The van der Waals surface area contributed by atoms with E-state index in [1.54, 1.807) is 19.1 Å². The zero-order valence-electron chi connectivity index (χ0n) is 8.70. The van der Waals surface area contributed by atoms with Gasteiger partial charge in [0.05, 0.1) is 10.2 Å². The van der Waals surface area contributed by atoms with Gasteiger partial charge >= 0.3 is 5.97 Å². The lowest BCUT2D eigenvalue weighted by Crippen LogP contribution is -1.94. The van der Waals surface area contributed by atoms with E-state index < -0.39 is 5.97 Å². The summed E-state index contributed by atoms with van der Waals surface area (Å²) in [5.74, 6) is -1.35. The Morgan fingerprint density at radius 2 is 2.24 bits per heavy atom. The van der Waals surface area contributed by atoms with E-state index in [1.807, 2.05) is 0 Å². The standard InChI is InChI=1S/C11H7BrFNO2S/c1-5-9(11(15)16)17-10(14-5)6-2-3-8(13)7(12)4-6/h2-4H,1H3,(H,15,16). The van der Waals surface area contributed by atoms with Gasteiger partial charge in [0, 0.05) is 5.56 Å². The SMILES string of the molecule is Cc1nc(-c2ccc(F)c(Br)c2)sc1C(=O)O. The second-order valence-electron chi connectivity index (χ2n) is 3.37. The molecule has 0 aliphatic rings. The molecule has 6 heteroatoms. The maximum atomic E-state index is 13.1. The maximum Gasteiger partial charge on any atom is 0.347 e. The summed E-state index contributed by atoms with van der Waals surface area (Å²) in [5, 5.41) is 9.50. The summed E-state index contributed by atoms with van der Waals surface area (Å²) in [6.07, 6.45) is 0. The molecule has 0 fully saturated rings. The van der Waals surface area contributed by atoms with Crippen molar-refractivity contribution in [2.75, 3.05) is 0 Å². The summed E-state index contributed by atoms with van der Waals surface area (Å²) in [5.41, 5.74) is 1.16. The van der Waals surface area contributed by atoms with Crippen LogP contribution in [0.1, 0.15) is 15.4 Å². The van der Waals surface area contributed by atoms with Gasteiger partial charge in [0.15, 0.2) is 0 Å². The van der Waals surface area contributed by atoms with Crippen LogP contribution in [-0.2, 0) is 0 Å². The van der Waals surface area contributed by atoms with E-state index in [9.17, 15) is 9.18 Å². The van der Waals surface area contributed by atoms with Crippen LogP contribution in [0.5, 0.6) is 0 Å². The van der Waals surface area contributed by atoms with Gasteiger partial charge in [-0.05, 0) is 41.1 Å². The van der Waals surface area contributed by atoms with Crippen LogP contribution in [0.25, 0.3) is 10.6 Å². The highest BCUT2D eigenvalue weighted by Gasteiger charge is 2.15. The fraction of sp³-hybridized carbons (Fsp3) is 0.0909. The highest BCUT2D eigenvalue weighted by Crippen LogP contribution is 2.30. The van der Waals surface area contributed by atoms with Gasteiger partial charge in [-0.1, -0.05) is 0 Å². The second kappa shape index (κ2) is 4.54. The number of carboxylic acids is 1. The number of carboxylic acid groups (broad SMARTS) is 1. The Balaban J connectivity index is 2.50. The smallest absolute Gasteiger partial charge is 0.347 e. The Morgan fingerprint density at radius 3 is 2.76 bits per heavy atom. The minimum Gasteiger partial charge on any atom is -0.477 e. The molecule has 17 heavy (non-hydrogen) atoms. The van der Waals surface area contributed by atoms with Crippen LogP contribution in [0.15, 0.2) is 22.7 Å². The summed E-state index contributed by atoms with van der Waals surface area (Å²) in [7, 11) is 0. The van der Waals surface area contributed by atoms with Crippen LogP contribution in [0.3, 0.4) is 0 Å². The average Bonchev–Trinajstić information content (AvgIpc) is 2.64. The topological polar surface area (TPSA) is 50.2 Å². The number of nitrogens with zero attached hydrogens (tertiary/aromatic N) is 1. The van der Waals surface area contributed by atoms with Crippen molar-refractivity contribution in [2.24, 2.45) is 0 Å². The molecule has 1 aromatic carbocycles. The van der Waals surface area contributed by atoms with Gasteiger partial charge in [-0.3, -0.25) is 0 Å². The Labute approximate surface area is 109 Å². The molecule has 1 heterocycles. The Bertz CT molecular complexity index is 597. The van der Waals surface area contributed by atoms with E-state index in [2.05, 4.69) is 20.9 Å². The molecule has 1 aromatic heterocycles. The number of hydrogen-bond acceptors (Lipinski definition) is 3. The first-order valence-corrected chi connectivity index (χ1v) is 6.26. The highest BCUT2D eigenvalue weighted by molar-refractivity contribution is 9.10. The van der Waals surface area contributed by atoms with Crippen LogP contribution in [0.2, 0.25) is 0 Å². The molecule has 1 N–H and O–H groups in total. The van der Waals surface area contributed by atoms with Crippen LogP contribution < -0.4 is 0 Å². The highest BCUT2D eigenvalue weighted by atomic mass is 79.9. The Kier molecular flexibility index (Phi) is 3.26. The minimum atomic E-state index is -0.993. The number of carbonyl (C=O) groups is 1. The molecule has 0 amide bonds. The van der Waals surface area contributed by atoms with Gasteiger partial charge in [-0.25, -0.2) is 14.2 Å². The second-order valence-corrected chi connectivity index (χ2v) is 5.22. The largest absolute Gasteiger partial charge is 0.477 e. The molecule has 0 radical (unpaired) electrons. The molecule has 0 unspecified atom stereocenters. The van der Waals surface area contributed by atoms with Crippen molar-refractivity contribution >= 4 is 33.2 Å². The molecular weight excluding hydrogens is 309 g/mol. The van der Waals surface area contributed by atoms with E-state index >= 15 is 0 Å².